The Morgan fingerprint density at radius 1 is 0.706 bits per heavy atom. The molecule has 4 unspecified atom stereocenters. The largest absolute Gasteiger partial charge is 0.247 e. The van der Waals surface area contributed by atoms with Gasteiger partial charge in [-0.1, -0.05) is 39.5 Å². The lowest BCUT2D eigenvalue weighted by Crippen LogP contribution is -2.21. The molecule has 2 aliphatic rings. The third-order valence-corrected chi connectivity index (χ3v) is 6.91. The predicted molar refractivity (Wildman–Crippen MR) is 79.1 cm³/mol. The highest BCUT2D eigenvalue weighted by molar-refractivity contribution is 8.08. The van der Waals surface area contributed by atoms with E-state index in [2.05, 4.69) is 13.8 Å². The zero-order chi connectivity index (χ0) is 12.1. The molecule has 0 spiro atoms. The van der Waals surface area contributed by atoms with Crippen LogP contribution >= 0.6 is 24.1 Å². The minimum Gasteiger partial charge on any atom is -0.247 e. The summed E-state index contributed by atoms with van der Waals surface area (Å²) in [4.78, 5) is 0. The highest BCUT2D eigenvalue weighted by Gasteiger charge is 2.25. The second-order valence-electron chi connectivity index (χ2n) is 5.86. The van der Waals surface area contributed by atoms with E-state index < -0.39 is 0 Å². The van der Waals surface area contributed by atoms with Crippen molar-refractivity contribution in [3.8, 4) is 0 Å². The Labute approximate surface area is 115 Å². The Morgan fingerprint density at radius 3 is 1.53 bits per heavy atom. The monoisotopic (exact) mass is 274 g/mol. The Bertz CT molecular complexity index is 200. The minimum atomic E-state index is 0.746. The highest BCUT2D eigenvalue weighted by atomic mass is 32.2. The molecule has 100 valence electrons. The summed E-state index contributed by atoms with van der Waals surface area (Å²) in [5, 5.41) is 1.49. The molecule has 0 aromatic rings. The van der Waals surface area contributed by atoms with Gasteiger partial charge < -0.3 is 0 Å². The van der Waals surface area contributed by atoms with Crippen molar-refractivity contribution in [2.24, 2.45) is 11.8 Å². The maximum atomic E-state index is 5.89. The van der Waals surface area contributed by atoms with Gasteiger partial charge in [-0.15, -0.1) is 0 Å². The second kappa shape index (κ2) is 7.30. The van der Waals surface area contributed by atoms with Gasteiger partial charge in [-0.05, 0) is 37.5 Å². The standard InChI is InChI=1S/C14H26OS2/c1-11-7-3-5-9-13(11)16-15-17-14-10-6-4-8-12(14)2/h11-14H,3-10H2,1-2H3. The molecule has 2 saturated carbocycles. The lowest BCUT2D eigenvalue weighted by atomic mass is 9.90. The summed E-state index contributed by atoms with van der Waals surface area (Å²) >= 11 is 3.53. The van der Waals surface area contributed by atoms with E-state index in [1.165, 1.54) is 51.4 Å². The number of hydrogen-bond acceptors (Lipinski definition) is 3. The van der Waals surface area contributed by atoms with Crippen molar-refractivity contribution >= 4 is 24.1 Å². The maximum absolute atomic E-state index is 5.89. The van der Waals surface area contributed by atoms with Crippen molar-refractivity contribution in [1.82, 2.24) is 0 Å². The van der Waals surface area contributed by atoms with Crippen LogP contribution in [0.2, 0.25) is 0 Å². The van der Waals surface area contributed by atoms with E-state index in [0.29, 0.717) is 0 Å². The zero-order valence-corrected chi connectivity index (χ0v) is 12.8. The SMILES string of the molecule is CC1CCCCC1SOSC1CCCCC1C. The summed E-state index contributed by atoms with van der Waals surface area (Å²) in [5.41, 5.74) is 0. The van der Waals surface area contributed by atoms with E-state index in [0.717, 1.165) is 22.3 Å². The van der Waals surface area contributed by atoms with Gasteiger partial charge in [-0.3, -0.25) is 0 Å². The topological polar surface area (TPSA) is 9.23 Å². The maximum Gasteiger partial charge on any atom is 0.0349 e. The molecule has 2 rings (SSSR count). The van der Waals surface area contributed by atoms with Crippen molar-refractivity contribution in [2.45, 2.75) is 75.7 Å². The number of hydrogen-bond donors (Lipinski definition) is 0. The summed E-state index contributed by atoms with van der Waals surface area (Å²) in [6, 6.07) is 0. The second-order valence-corrected chi connectivity index (χ2v) is 8.00. The third kappa shape index (κ3) is 4.36. The van der Waals surface area contributed by atoms with E-state index in [4.69, 9.17) is 3.63 Å². The first kappa shape index (κ1) is 14.1. The highest BCUT2D eigenvalue weighted by Crippen LogP contribution is 2.40. The molecule has 0 heterocycles. The quantitative estimate of drug-likeness (QED) is 0.630. The van der Waals surface area contributed by atoms with E-state index in [-0.39, 0.29) is 0 Å². The summed E-state index contributed by atoms with van der Waals surface area (Å²) in [6.45, 7) is 4.77. The fourth-order valence-electron chi connectivity index (χ4n) is 2.97. The molecule has 0 N–H and O–H groups in total. The van der Waals surface area contributed by atoms with Crippen LogP contribution in [0.4, 0.5) is 0 Å². The van der Waals surface area contributed by atoms with Crippen molar-refractivity contribution < 1.29 is 3.63 Å². The van der Waals surface area contributed by atoms with E-state index >= 15 is 0 Å². The van der Waals surface area contributed by atoms with E-state index in [9.17, 15) is 0 Å². The van der Waals surface area contributed by atoms with E-state index in [1.54, 1.807) is 24.1 Å². The molecule has 2 aliphatic carbocycles. The van der Waals surface area contributed by atoms with Crippen LogP contribution in [0.5, 0.6) is 0 Å². The van der Waals surface area contributed by atoms with Crippen LogP contribution in [0.25, 0.3) is 0 Å². The van der Waals surface area contributed by atoms with Crippen molar-refractivity contribution in [2.75, 3.05) is 0 Å². The van der Waals surface area contributed by atoms with E-state index in [1.807, 2.05) is 0 Å². The first-order valence-electron chi connectivity index (χ1n) is 7.26. The van der Waals surface area contributed by atoms with Crippen LogP contribution in [0.1, 0.15) is 65.2 Å². The molecule has 0 radical (unpaired) electrons. The normalized spacial score (nSPS) is 39.2. The predicted octanol–water partition coefficient (Wildman–Crippen LogP) is 5.46. The average molecular weight is 274 g/mol. The molecule has 0 saturated heterocycles. The van der Waals surface area contributed by atoms with Crippen molar-refractivity contribution in [3.63, 3.8) is 0 Å². The first-order chi connectivity index (χ1) is 8.27. The summed E-state index contributed by atoms with van der Waals surface area (Å²) in [6.07, 6.45) is 11.1. The zero-order valence-electron chi connectivity index (χ0n) is 11.2. The molecule has 2 fully saturated rings. The lowest BCUT2D eigenvalue weighted by Gasteiger charge is -2.29. The fraction of sp³-hybridized carbons (Fsp3) is 1.00. The molecule has 4 atom stereocenters. The molecular formula is C14H26OS2. The van der Waals surface area contributed by atoms with Crippen molar-refractivity contribution in [3.05, 3.63) is 0 Å². The van der Waals surface area contributed by atoms with Gasteiger partial charge in [0, 0.05) is 34.6 Å². The minimum absolute atomic E-state index is 0.746. The fourth-order valence-corrected chi connectivity index (χ4v) is 5.14. The Morgan fingerprint density at radius 2 is 1.12 bits per heavy atom. The summed E-state index contributed by atoms with van der Waals surface area (Å²) in [7, 11) is 0. The lowest BCUT2D eigenvalue weighted by molar-refractivity contribution is 0.385. The molecule has 0 aromatic carbocycles. The average Bonchev–Trinajstić information content (AvgIpc) is 2.34. The third-order valence-electron chi connectivity index (χ3n) is 4.39. The summed E-state index contributed by atoms with van der Waals surface area (Å²) in [5.74, 6) is 1.69. The molecule has 0 aliphatic heterocycles. The molecular weight excluding hydrogens is 248 g/mol. The molecule has 0 amide bonds. The first-order valence-corrected chi connectivity index (χ1v) is 8.87. The van der Waals surface area contributed by atoms with Gasteiger partial charge in [0.05, 0.1) is 0 Å². The van der Waals surface area contributed by atoms with Crippen LogP contribution in [0.15, 0.2) is 0 Å². The van der Waals surface area contributed by atoms with Crippen LogP contribution in [0.3, 0.4) is 0 Å². The summed E-state index contributed by atoms with van der Waals surface area (Å²) < 4.78 is 5.89. The van der Waals surface area contributed by atoms with Gasteiger partial charge >= 0.3 is 0 Å². The van der Waals surface area contributed by atoms with Crippen molar-refractivity contribution in [1.29, 1.82) is 0 Å². The Balaban J connectivity index is 1.64. The Kier molecular flexibility index (Phi) is 6.04. The Hall–Kier alpha value is 0.660. The van der Waals surface area contributed by atoms with Crippen LogP contribution in [-0.4, -0.2) is 10.5 Å². The molecule has 17 heavy (non-hydrogen) atoms. The molecule has 0 aromatic heterocycles. The van der Waals surface area contributed by atoms with Gasteiger partial charge in [0.2, 0.25) is 0 Å². The van der Waals surface area contributed by atoms with Gasteiger partial charge in [0.1, 0.15) is 0 Å². The van der Waals surface area contributed by atoms with Gasteiger partial charge in [-0.2, -0.15) is 0 Å². The molecule has 0 bridgehead atoms. The molecule has 1 nitrogen and oxygen atoms in total. The van der Waals surface area contributed by atoms with Crippen LogP contribution in [-0.2, 0) is 3.63 Å². The van der Waals surface area contributed by atoms with Crippen LogP contribution in [0, 0.1) is 11.8 Å². The molecule has 3 heteroatoms. The van der Waals surface area contributed by atoms with Crippen LogP contribution < -0.4 is 0 Å². The number of rotatable bonds is 4. The smallest absolute Gasteiger partial charge is 0.0349 e. The van der Waals surface area contributed by atoms with Gasteiger partial charge in [0.15, 0.2) is 0 Å². The van der Waals surface area contributed by atoms with Gasteiger partial charge in [0.25, 0.3) is 0 Å². The van der Waals surface area contributed by atoms with Gasteiger partial charge in [-0.25, -0.2) is 3.63 Å².